The number of nitrogens with zero attached hydrogens (tertiary/aromatic N) is 1. The number of carbonyl (C=O) groups is 2. The molecular formula is C16H22N2O3. The third kappa shape index (κ3) is 3.74. The van der Waals surface area contributed by atoms with Crippen LogP contribution in [0.2, 0.25) is 0 Å². The first-order valence-corrected chi connectivity index (χ1v) is 7.38. The van der Waals surface area contributed by atoms with Gasteiger partial charge in [0.05, 0.1) is 0 Å². The van der Waals surface area contributed by atoms with E-state index in [9.17, 15) is 14.7 Å². The Balaban J connectivity index is 1.97. The van der Waals surface area contributed by atoms with Gasteiger partial charge in [0.15, 0.2) is 0 Å². The highest BCUT2D eigenvalue weighted by Crippen LogP contribution is 2.17. The van der Waals surface area contributed by atoms with Crippen molar-refractivity contribution in [3.63, 3.8) is 0 Å². The zero-order chi connectivity index (χ0) is 15.4. The second-order valence-corrected chi connectivity index (χ2v) is 5.58. The Labute approximate surface area is 125 Å². The molecule has 1 unspecified atom stereocenters. The number of piperidine rings is 1. The standard InChI is InChI=1S/C16H22N2O3/c1-11-6-7-13(10-14(11)19)15(20)17-12(2)16(21)18-8-4-3-5-9-18/h6-7,10,12,19H,3-5,8-9H2,1-2H3,(H,17,20). The highest BCUT2D eigenvalue weighted by molar-refractivity contribution is 5.97. The third-order valence-corrected chi connectivity index (χ3v) is 3.86. The number of carbonyl (C=O) groups excluding carboxylic acids is 2. The van der Waals surface area contributed by atoms with Gasteiger partial charge in [-0.2, -0.15) is 0 Å². The van der Waals surface area contributed by atoms with Gasteiger partial charge < -0.3 is 15.3 Å². The number of likely N-dealkylation sites (tertiary alicyclic amines) is 1. The van der Waals surface area contributed by atoms with Gasteiger partial charge in [-0.05, 0) is 50.8 Å². The molecule has 1 heterocycles. The molecule has 21 heavy (non-hydrogen) atoms. The van der Waals surface area contributed by atoms with E-state index in [4.69, 9.17) is 0 Å². The van der Waals surface area contributed by atoms with Crippen LogP contribution >= 0.6 is 0 Å². The molecule has 1 aromatic carbocycles. The molecule has 1 fully saturated rings. The van der Waals surface area contributed by atoms with Crippen molar-refractivity contribution in [3.05, 3.63) is 29.3 Å². The van der Waals surface area contributed by atoms with Crippen molar-refractivity contribution >= 4 is 11.8 Å². The normalized spacial score (nSPS) is 16.4. The largest absolute Gasteiger partial charge is 0.508 e. The SMILES string of the molecule is Cc1ccc(C(=O)NC(C)C(=O)N2CCCCC2)cc1O. The Bertz CT molecular complexity index is 536. The number of phenolic OH excluding ortho intramolecular Hbond substituents is 1. The predicted molar refractivity (Wildman–Crippen MR) is 80.2 cm³/mol. The van der Waals surface area contributed by atoms with Crippen LogP contribution in [0.3, 0.4) is 0 Å². The number of rotatable bonds is 3. The summed E-state index contributed by atoms with van der Waals surface area (Å²) < 4.78 is 0. The molecule has 0 bridgehead atoms. The minimum atomic E-state index is -0.556. The smallest absolute Gasteiger partial charge is 0.252 e. The van der Waals surface area contributed by atoms with E-state index in [0.717, 1.165) is 32.4 Å². The summed E-state index contributed by atoms with van der Waals surface area (Å²) in [5.74, 6) is -0.305. The van der Waals surface area contributed by atoms with Crippen molar-refractivity contribution < 1.29 is 14.7 Å². The first-order valence-electron chi connectivity index (χ1n) is 7.38. The summed E-state index contributed by atoms with van der Waals surface area (Å²) in [7, 11) is 0. The second kappa shape index (κ2) is 6.61. The van der Waals surface area contributed by atoms with Crippen LogP contribution in [0.25, 0.3) is 0 Å². The molecular weight excluding hydrogens is 268 g/mol. The van der Waals surface area contributed by atoms with Gasteiger partial charge >= 0.3 is 0 Å². The molecule has 2 rings (SSSR count). The first-order chi connectivity index (χ1) is 9.99. The molecule has 0 radical (unpaired) electrons. The van der Waals surface area contributed by atoms with E-state index in [2.05, 4.69) is 5.32 Å². The van der Waals surface area contributed by atoms with Crippen molar-refractivity contribution in [2.24, 2.45) is 0 Å². The number of benzene rings is 1. The maximum atomic E-state index is 12.2. The van der Waals surface area contributed by atoms with Crippen LogP contribution in [0.15, 0.2) is 18.2 Å². The van der Waals surface area contributed by atoms with Gasteiger partial charge in [-0.3, -0.25) is 9.59 Å². The molecule has 0 saturated carbocycles. The maximum absolute atomic E-state index is 12.2. The number of amides is 2. The topological polar surface area (TPSA) is 69.6 Å². The number of aromatic hydroxyl groups is 1. The minimum absolute atomic E-state index is 0.0422. The number of hydrogen-bond acceptors (Lipinski definition) is 3. The number of nitrogens with one attached hydrogen (secondary N) is 1. The highest BCUT2D eigenvalue weighted by Gasteiger charge is 2.23. The average molecular weight is 290 g/mol. The van der Waals surface area contributed by atoms with E-state index in [1.807, 2.05) is 0 Å². The minimum Gasteiger partial charge on any atom is -0.508 e. The summed E-state index contributed by atoms with van der Waals surface area (Å²) in [6.07, 6.45) is 3.21. The van der Waals surface area contributed by atoms with Crippen LogP contribution < -0.4 is 5.32 Å². The van der Waals surface area contributed by atoms with Gasteiger partial charge in [0, 0.05) is 18.7 Å². The van der Waals surface area contributed by atoms with E-state index >= 15 is 0 Å². The molecule has 0 aromatic heterocycles. The predicted octanol–water partition coefficient (Wildman–Crippen LogP) is 1.83. The lowest BCUT2D eigenvalue weighted by Gasteiger charge is -2.29. The lowest BCUT2D eigenvalue weighted by molar-refractivity contribution is -0.133. The van der Waals surface area contributed by atoms with Crippen LogP contribution in [0.5, 0.6) is 5.75 Å². The van der Waals surface area contributed by atoms with Gasteiger partial charge in [-0.1, -0.05) is 6.07 Å². The summed E-state index contributed by atoms with van der Waals surface area (Å²) in [4.78, 5) is 26.2. The summed E-state index contributed by atoms with van der Waals surface area (Å²) in [6.45, 7) is 5.00. The molecule has 1 atom stereocenters. The van der Waals surface area contributed by atoms with Gasteiger partial charge in [-0.15, -0.1) is 0 Å². The van der Waals surface area contributed by atoms with Crippen LogP contribution in [0, 0.1) is 6.92 Å². The summed E-state index contributed by atoms with van der Waals surface area (Å²) in [5, 5.41) is 12.3. The monoisotopic (exact) mass is 290 g/mol. The molecule has 0 spiro atoms. The Kier molecular flexibility index (Phi) is 4.83. The van der Waals surface area contributed by atoms with E-state index in [1.165, 1.54) is 6.07 Å². The van der Waals surface area contributed by atoms with Crippen LogP contribution in [-0.2, 0) is 4.79 Å². The van der Waals surface area contributed by atoms with E-state index in [1.54, 1.807) is 30.9 Å². The first kappa shape index (κ1) is 15.4. The molecule has 114 valence electrons. The van der Waals surface area contributed by atoms with Crippen molar-refractivity contribution in [1.82, 2.24) is 10.2 Å². The van der Waals surface area contributed by atoms with Crippen molar-refractivity contribution in [1.29, 1.82) is 0 Å². The Morgan fingerprint density at radius 1 is 1.24 bits per heavy atom. The van der Waals surface area contributed by atoms with E-state index < -0.39 is 6.04 Å². The zero-order valence-corrected chi connectivity index (χ0v) is 12.6. The zero-order valence-electron chi connectivity index (χ0n) is 12.6. The molecule has 2 amide bonds. The second-order valence-electron chi connectivity index (χ2n) is 5.58. The van der Waals surface area contributed by atoms with Crippen LogP contribution in [0.4, 0.5) is 0 Å². The molecule has 1 aliphatic rings. The molecule has 5 nitrogen and oxygen atoms in total. The van der Waals surface area contributed by atoms with Gasteiger partial charge in [0.25, 0.3) is 5.91 Å². The summed E-state index contributed by atoms with van der Waals surface area (Å²) in [6, 6.07) is 4.19. The molecule has 1 saturated heterocycles. The van der Waals surface area contributed by atoms with Crippen molar-refractivity contribution in [2.45, 2.75) is 39.2 Å². The molecule has 0 aliphatic carbocycles. The fourth-order valence-electron chi connectivity index (χ4n) is 2.48. The molecule has 5 heteroatoms. The van der Waals surface area contributed by atoms with Gasteiger partial charge in [0.2, 0.25) is 5.91 Å². The number of aryl methyl sites for hydroxylation is 1. The molecule has 2 N–H and O–H groups in total. The fraction of sp³-hybridized carbons (Fsp3) is 0.500. The van der Waals surface area contributed by atoms with Crippen LogP contribution in [0.1, 0.15) is 42.1 Å². The lowest BCUT2D eigenvalue weighted by atomic mass is 10.1. The quantitative estimate of drug-likeness (QED) is 0.892. The molecule has 1 aromatic rings. The van der Waals surface area contributed by atoms with Crippen LogP contribution in [-0.4, -0.2) is 41.0 Å². The van der Waals surface area contributed by atoms with Gasteiger partial charge in [-0.25, -0.2) is 0 Å². The Morgan fingerprint density at radius 3 is 2.52 bits per heavy atom. The lowest BCUT2D eigenvalue weighted by Crippen LogP contribution is -2.48. The van der Waals surface area contributed by atoms with Crippen molar-refractivity contribution in [2.75, 3.05) is 13.1 Å². The average Bonchev–Trinajstić information content (AvgIpc) is 2.50. The number of phenols is 1. The Morgan fingerprint density at radius 2 is 1.90 bits per heavy atom. The summed E-state index contributed by atoms with van der Waals surface area (Å²) in [5.41, 5.74) is 1.07. The maximum Gasteiger partial charge on any atom is 0.252 e. The Hall–Kier alpha value is -2.04. The number of hydrogen-bond donors (Lipinski definition) is 2. The van der Waals surface area contributed by atoms with E-state index in [-0.39, 0.29) is 17.6 Å². The van der Waals surface area contributed by atoms with E-state index in [0.29, 0.717) is 11.1 Å². The third-order valence-electron chi connectivity index (χ3n) is 3.86. The molecule has 1 aliphatic heterocycles. The van der Waals surface area contributed by atoms with Gasteiger partial charge in [0.1, 0.15) is 11.8 Å². The fourth-order valence-corrected chi connectivity index (χ4v) is 2.48. The summed E-state index contributed by atoms with van der Waals surface area (Å²) >= 11 is 0. The highest BCUT2D eigenvalue weighted by atomic mass is 16.3. The van der Waals surface area contributed by atoms with Crippen molar-refractivity contribution in [3.8, 4) is 5.75 Å².